The molecule has 2 aliphatic rings. The molecule has 0 bridgehead atoms. The minimum absolute atomic E-state index is 0.0593. The number of halogens is 1. The minimum atomic E-state index is -0.281. The van der Waals surface area contributed by atoms with Crippen LogP contribution in [0.15, 0.2) is 69.0 Å². The largest absolute Gasteiger partial charge is 0.467 e. The zero-order valence-corrected chi connectivity index (χ0v) is 20.2. The molecule has 2 aromatic heterocycles. The monoisotopic (exact) mass is 496 g/mol. The quantitative estimate of drug-likeness (QED) is 0.520. The summed E-state index contributed by atoms with van der Waals surface area (Å²) in [7, 11) is 0. The van der Waals surface area contributed by atoms with E-state index in [1.807, 2.05) is 58.1 Å². The van der Waals surface area contributed by atoms with Crippen LogP contribution in [0.4, 0.5) is 0 Å². The van der Waals surface area contributed by atoms with E-state index in [9.17, 15) is 9.59 Å². The molecule has 1 atom stereocenters. The van der Waals surface area contributed by atoms with Crippen LogP contribution in [0.3, 0.4) is 0 Å². The van der Waals surface area contributed by atoms with Gasteiger partial charge >= 0.3 is 0 Å². The molecule has 4 heterocycles. The van der Waals surface area contributed by atoms with Gasteiger partial charge in [0.2, 0.25) is 0 Å². The highest BCUT2D eigenvalue weighted by molar-refractivity contribution is 7.08. The van der Waals surface area contributed by atoms with Crippen molar-refractivity contribution in [2.75, 3.05) is 32.7 Å². The van der Waals surface area contributed by atoms with Gasteiger partial charge in [0, 0.05) is 43.0 Å². The van der Waals surface area contributed by atoms with Gasteiger partial charge in [0.1, 0.15) is 11.8 Å². The fraction of sp³-hybridized carbons (Fsp3) is 0.320. The van der Waals surface area contributed by atoms with Crippen molar-refractivity contribution in [1.29, 1.82) is 0 Å². The Hall–Kier alpha value is -2.94. The summed E-state index contributed by atoms with van der Waals surface area (Å²) in [6, 6.07) is 12.8. The standard InChI is InChI=1S/C25H25ClN4O3S/c26-20-6-4-18(5-7-20)21-15-22(23-3-1-13-33-23)30(27-21)24(31)16-28-9-2-10-29(12-11-28)25(32)19-8-14-34-17-19/h1,3-8,13-14,17,22H,2,9-12,15-16H2. The van der Waals surface area contributed by atoms with Gasteiger partial charge in [0.25, 0.3) is 11.8 Å². The lowest BCUT2D eigenvalue weighted by Crippen LogP contribution is -2.40. The first-order chi connectivity index (χ1) is 16.6. The highest BCUT2D eigenvalue weighted by atomic mass is 35.5. The average Bonchev–Trinajstić information content (AvgIpc) is 3.60. The average molecular weight is 497 g/mol. The summed E-state index contributed by atoms with van der Waals surface area (Å²) < 4.78 is 5.64. The molecule has 0 radical (unpaired) electrons. The molecular weight excluding hydrogens is 472 g/mol. The second-order valence-corrected chi connectivity index (χ2v) is 9.68. The van der Waals surface area contributed by atoms with Gasteiger partial charge in [0.05, 0.1) is 24.1 Å². The molecule has 5 rings (SSSR count). The third kappa shape index (κ3) is 4.94. The Morgan fingerprint density at radius 2 is 1.94 bits per heavy atom. The molecule has 1 unspecified atom stereocenters. The lowest BCUT2D eigenvalue weighted by atomic mass is 10.0. The Labute approximate surface area is 207 Å². The topological polar surface area (TPSA) is 69.4 Å². The number of rotatable bonds is 5. The number of hydrazone groups is 1. The van der Waals surface area contributed by atoms with Gasteiger partial charge in [-0.2, -0.15) is 16.4 Å². The Morgan fingerprint density at radius 1 is 1.09 bits per heavy atom. The summed E-state index contributed by atoms with van der Waals surface area (Å²) in [4.78, 5) is 30.1. The third-order valence-corrected chi connectivity index (χ3v) is 7.15. The number of carbonyl (C=O) groups excluding carboxylic acids is 2. The van der Waals surface area contributed by atoms with Crippen LogP contribution in [0.2, 0.25) is 5.02 Å². The molecule has 9 heteroatoms. The number of hydrogen-bond acceptors (Lipinski definition) is 6. The molecule has 1 aromatic carbocycles. The van der Waals surface area contributed by atoms with E-state index >= 15 is 0 Å². The van der Waals surface area contributed by atoms with Gasteiger partial charge in [-0.25, -0.2) is 5.01 Å². The second kappa shape index (κ2) is 10.1. The fourth-order valence-electron chi connectivity index (χ4n) is 4.42. The van der Waals surface area contributed by atoms with E-state index in [1.165, 1.54) is 11.3 Å². The number of thiophene rings is 1. The molecular formula is C25H25ClN4O3S. The van der Waals surface area contributed by atoms with Crippen molar-refractivity contribution in [3.05, 3.63) is 81.4 Å². The highest BCUT2D eigenvalue weighted by Crippen LogP contribution is 2.33. The molecule has 1 fully saturated rings. The first kappa shape index (κ1) is 22.8. The molecule has 3 aromatic rings. The summed E-state index contributed by atoms with van der Waals surface area (Å²) >= 11 is 7.56. The summed E-state index contributed by atoms with van der Waals surface area (Å²) in [6.45, 7) is 2.94. The summed E-state index contributed by atoms with van der Waals surface area (Å²) in [5.74, 6) is 0.691. The van der Waals surface area contributed by atoms with Crippen LogP contribution in [-0.2, 0) is 4.79 Å². The molecule has 7 nitrogen and oxygen atoms in total. The lowest BCUT2D eigenvalue weighted by Gasteiger charge is -2.25. The van der Waals surface area contributed by atoms with Crippen LogP contribution < -0.4 is 0 Å². The van der Waals surface area contributed by atoms with Gasteiger partial charge < -0.3 is 9.32 Å². The van der Waals surface area contributed by atoms with E-state index in [1.54, 1.807) is 11.3 Å². The molecule has 1 saturated heterocycles. The minimum Gasteiger partial charge on any atom is -0.467 e. The molecule has 34 heavy (non-hydrogen) atoms. The van der Waals surface area contributed by atoms with Gasteiger partial charge in [-0.3, -0.25) is 14.5 Å². The third-order valence-electron chi connectivity index (χ3n) is 6.22. The number of carbonyl (C=O) groups is 2. The van der Waals surface area contributed by atoms with E-state index in [0.717, 1.165) is 29.8 Å². The van der Waals surface area contributed by atoms with Crippen LogP contribution in [0.1, 0.15) is 40.6 Å². The van der Waals surface area contributed by atoms with Crippen molar-refractivity contribution in [1.82, 2.24) is 14.8 Å². The van der Waals surface area contributed by atoms with E-state index in [4.69, 9.17) is 21.1 Å². The van der Waals surface area contributed by atoms with Crippen LogP contribution >= 0.6 is 22.9 Å². The number of hydrogen-bond donors (Lipinski definition) is 0. The van der Waals surface area contributed by atoms with Crippen molar-refractivity contribution in [2.45, 2.75) is 18.9 Å². The molecule has 0 saturated carbocycles. The van der Waals surface area contributed by atoms with E-state index in [-0.39, 0.29) is 24.4 Å². The molecule has 0 aliphatic carbocycles. The Balaban J connectivity index is 1.28. The first-order valence-electron chi connectivity index (χ1n) is 11.3. The Kier molecular flexibility index (Phi) is 6.80. The molecule has 0 N–H and O–H groups in total. The van der Waals surface area contributed by atoms with Crippen LogP contribution in [-0.4, -0.2) is 65.1 Å². The zero-order chi connectivity index (χ0) is 23.5. The van der Waals surface area contributed by atoms with Gasteiger partial charge in [0.15, 0.2) is 0 Å². The maximum atomic E-state index is 13.4. The number of amides is 2. The van der Waals surface area contributed by atoms with Crippen molar-refractivity contribution < 1.29 is 14.0 Å². The van der Waals surface area contributed by atoms with Crippen molar-refractivity contribution in [3.8, 4) is 0 Å². The highest BCUT2D eigenvalue weighted by Gasteiger charge is 2.35. The summed E-state index contributed by atoms with van der Waals surface area (Å²) in [6.07, 6.45) is 3.01. The fourth-order valence-corrected chi connectivity index (χ4v) is 5.18. The van der Waals surface area contributed by atoms with E-state index in [0.29, 0.717) is 36.8 Å². The molecule has 0 spiro atoms. The predicted molar refractivity (Wildman–Crippen MR) is 132 cm³/mol. The second-order valence-electron chi connectivity index (χ2n) is 8.46. The van der Waals surface area contributed by atoms with Crippen molar-refractivity contribution in [2.24, 2.45) is 5.10 Å². The smallest absolute Gasteiger partial charge is 0.257 e. The first-order valence-corrected chi connectivity index (χ1v) is 12.6. The maximum absolute atomic E-state index is 13.4. The zero-order valence-electron chi connectivity index (χ0n) is 18.6. The molecule has 176 valence electrons. The number of benzene rings is 1. The van der Waals surface area contributed by atoms with Gasteiger partial charge in [-0.15, -0.1) is 0 Å². The van der Waals surface area contributed by atoms with E-state index < -0.39 is 0 Å². The van der Waals surface area contributed by atoms with Crippen LogP contribution in [0.25, 0.3) is 0 Å². The van der Waals surface area contributed by atoms with E-state index in [2.05, 4.69) is 4.90 Å². The van der Waals surface area contributed by atoms with Gasteiger partial charge in [-0.1, -0.05) is 23.7 Å². The van der Waals surface area contributed by atoms with Crippen molar-refractivity contribution in [3.63, 3.8) is 0 Å². The Bertz CT molecular complexity index is 1160. The SMILES string of the molecule is O=C(c1ccsc1)N1CCCN(CC(=O)N2N=C(c3ccc(Cl)cc3)CC2c2ccco2)CC1. The van der Waals surface area contributed by atoms with Gasteiger partial charge in [-0.05, 0) is 47.7 Å². The van der Waals surface area contributed by atoms with Crippen LogP contribution in [0, 0.1) is 0 Å². The lowest BCUT2D eigenvalue weighted by molar-refractivity contribution is -0.134. The number of furan rings is 1. The van der Waals surface area contributed by atoms with Crippen LogP contribution in [0.5, 0.6) is 0 Å². The summed E-state index contributed by atoms with van der Waals surface area (Å²) in [5.41, 5.74) is 2.50. The number of nitrogens with zero attached hydrogens (tertiary/aromatic N) is 4. The normalized spacial score (nSPS) is 19.2. The Morgan fingerprint density at radius 3 is 2.68 bits per heavy atom. The van der Waals surface area contributed by atoms with Crippen molar-refractivity contribution >= 4 is 40.5 Å². The predicted octanol–water partition coefficient (Wildman–Crippen LogP) is 4.52. The molecule has 2 aliphatic heterocycles. The maximum Gasteiger partial charge on any atom is 0.257 e. The molecule has 2 amide bonds. The summed E-state index contributed by atoms with van der Waals surface area (Å²) in [5, 5.41) is 10.7.